The second-order valence-electron chi connectivity index (χ2n) is 3.63. The Hall–Kier alpha value is -0.560. The summed E-state index contributed by atoms with van der Waals surface area (Å²) >= 11 is 14.6. The smallest absolute Gasteiger partial charge is 0.158 e. The predicted molar refractivity (Wildman–Crippen MR) is 83.3 cm³/mol. The summed E-state index contributed by atoms with van der Waals surface area (Å²) in [5.41, 5.74) is 7.54. The summed E-state index contributed by atoms with van der Waals surface area (Å²) in [5.74, 6) is 0.591. The summed E-state index contributed by atoms with van der Waals surface area (Å²) in [6.07, 6.45) is 1.85. The van der Waals surface area contributed by atoms with E-state index in [1.54, 1.807) is 21.8 Å². The zero-order valence-corrected chi connectivity index (χ0v) is 13.6. The zero-order chi connectivity index (χ0) is 12.9. The van der Waals surface area contributed by atoms with Gasteiger partial charge in [0.05, 0.1) is 13.7 Å². The Labute approximate surface area is 129 Å². The van der Waals surface area contributed by atoms with E-state index in [2.05, 4.69) is 36.8 Å². The number of rotatable bonds is 1. The Morgan fingerprint density at radius 3 is 2.78 bits per heavy atom. The number of nitrogens with two attached hydrogens (primary N) is 1. The van der Waals surface area contributed by atoms with Crippen molar-refractivity contribution in [1.82, 2.24) is 9.38 Å². The van der Waals surface area contributed by atoms with Gasteiger partial charge >= 0.3 is 0 Å². The lowest BCUT2D eigenvalue weighted by Crippen LogP contribution is -1.93. The van der Waals surface area contributed by atoms with E-state index in [9.17, 15) is 0 Å². The molecule has 18 heavy (non-hydrogen) atoms. The third-order valence-corrected chi connectivity index (χ3v) is 6.08. The maximum atomic E-state index is 6.12. The molecule has 3 aromatic heterocycles. The van der Waals surface area contributed by atoms with E-state index in [0.717, 1.165) is 18.8 Å². The van der Waals surface area contributed by atoms with Gasteiger partial charge in [0.25, 0.3) is 0 Å². The molecule has 0 unspecified atom stereocenters. The molecule has 3 rings (SSSR count). The van der Waals surface area contributed by atoms with Gasteiger partial charge in [-0.3, -0.25) is 4.40 Å². The van der Waals surface area contributed by atoms with E-state index in [0.29, 0.717) is 16.5 Å². The fourth-order valence-electron chi connectivity index (χ4n) is 1.70. The van der Waals surface area contributed by atoms with Crippen LogP contribution in [0.3, 0.4) is 0 Å². The Morgan fingerprint density at radius 1 is 1.39 bits per heavy atom. The average molecular weight is 408 g/mol. The Kier molecular flexibility index (Phi) is 3.13. The first kappa shape index (κ1) is 12.5. The standard InChI is InChI=1S/C11H6Br2ClN3S/c12-5-4-7(18-9(5)13)8-10(15)17-3-1-2-6(14)11(17)16-8/h1-4H,15H2. The molecule has 0 atom stereocenters. The van der Waals surface area contributed by atoms with Gasteiger partial charge in [-0.25, -0.2) is 4.98 Å². The summed E-state index contributed by atoms with van der Waals surface area (Å²) in [6.45, 7) is 0. The van der Waals surface area contributed by atoms with Gasteiger partial charge in [-0.05, 0) is 50.1 Å². The summed E-state index contributed by atoms with van der Waals surface area (Å²) in [6, 6.07) is 5.63. The molecular formula is C11H6Br2ClN3S. The van der Waals surface area contributed by atoms with Gasteiger partial charge in [-0.1, -0.05) is 11.6 Å². The van der Waals surface area contributed by atoms with Crippen LogP contribution in [0.15, 0.2) is 32.7 Å². The van der Waals surface area contributed by atoms with Crippen molar-refractivity contribution in [3.05, 3.63) is 37.7 Å². The van der Waals surface area contributed by atoms with E-state index >= 15 is 0 Å². The lowest BCUT2D eigenvalue weighted by molar-refractivity contribution is 1.20. The van der Waals surface area contributed by atoms with Crippen LogP contribution in [0.5, 0.6) is 0 Å². The van der Waals surface area contributed by atoms with Crippen LogP contribution in [0.4, 0.5) is 5.82 Å². The number of fused-ring (bicyclic) bond motifs is 1. The number of nitrogen functional groups attached to an aromatic ring is 1. The van der Waals surface area contributed by atoms with Crippen molar-refractivity contribution in [2.45, 2.75) is 0 Å². The van der Waals surface area contributed by atoms with Crippen molar-refractivity contribution < 1.29 is 0 Å². The highest BCUT2D eigenvalue weighted by Gasteiger charge is 2.16. The molecule has 0 radical (unpaired) electrons. The van der Waals surface area contributed by atoms with Crippen LogP contribution in [-0.2, 0) is 0 Å². The number of aromatic nitrogens is 2. The number of hydrogen-bond acceptors (Lipinski definition) is 3. The number of thiophene rings is 1. The number of imidazole rings is 1. The van der Waals surface area contributed by atoms with Crippen LogP contribution < -0.4 is 5.73 Å². The third-order valence-electron chi connectivity index (χ3n) is 2.52. The van der Waals surface area contributed by atoms with Crippen LogP contribution in [0.1, 0.15) is 0 Å². The first-order valence-corrected chi connectivity index (χ1v) is 7.73. The molecule has 0 amide bonds. The summed E-state index contributed by atoms with van der Waals surface area (Å²) in [7, 11) is 0. The minimum Gasteiger partial charge on any atom is -0.383 e. The molecule has 0 saturated carbocycles. The van der Waals surface area contributed by atoms with Crippen LogP contribution in [0, 0.1) is 0 Å². The topological polar surface area (TPSA) is 43.3 Å². The minimum atomic E-state index is 0.588. The number of nitrogens with zero attached hydrogens (tertiary/aromatic N) is 2. The fraction of sp³-hybridized carbons (Fsp3) is 0. The van der Waals surface area contributed by atoms with Crippen molar-refractivity contribution >= 4 is 66.3 Å². The molecule has 0 fully saturated rings. The van der Waals surface area contributed by atoms with Gasteiger partial charge in [-0.15, -0.1) is 11.3 Å². The molecule has 0 spiro atoms. The van der Waals surface area contributed by atoms with Gasteiger partial charge in [0.15, 0.2) is 5.65 Å². The lowest BCUT2D eigenvalue weighted by Gasteiger charge is -1.96. The normalized spacial score (nSPS) is 11.3. The minimum absolute atomic E-state index is 0.588. The zero-order valence-electron chi connectivity index (χ0n) is 8.82. The molecule has 3 heterocycles. The van der Waals surface area contributed by atoms with Gasteiger partial charge in [0.2, 0.25) is 0 Å². The molecule has 7 heteroatoms. The first-order valence-electron chi connectivity index (χ1n) is 4.95. The van der Waals surface area contributed by atoms with Gasteiger partial charge < -0.3 is 5.73 Å². The molecule has 0 saturated heterocycles. The summed E-state index contributed by atoms with van der Waals surface area (Å²) in [4.78, 5) is 5.50. The fourth-order valence-corrected chi connectivity index (χ4v) is 3.94. The quantitative estimate of drug-likeness (QED) is 0.628. The maximum Gasteiger partial charge on any atom is 0.158 e. The molecule has 0 bridgehead atoms. The second kappa shape index (κ2) is 4.52. The van der Waals surface area contributed by atoms with Crippen LogP contribution in [0.2, 0.25) is 5.02 Å². The van der Waals surface area contributed by atoms with Crippen LogP contribution in [-0.4, -0.2) is 9.38 Å². The Bertz CT molecular complexity index is 731. The second-order valence-corrected chi connectivity index (χ2v) is 7.26. The maximum absolute atomic E-state index is 6.12. The van der Waals surface area contributed by atoms with E-state index in [4.69, 9.17) is 17.3 Å². The lowest BCUT2D eigenvalue weighted by atomic mass is 10.3. The predicted octanol–water partition coefficient (Wildman–Crippen LogP) is 4.82. The number of hydrogen-bond donors (Lipinski definition) is 1. The van der Waals surface area contributed by atoms with Crippen molar-refractivity contribution in [3.63, 3.8) is 0 Å². The highest BCUT2D eigenvalue weighted by molar-refractivity contribution is 9.13. The summed E-state index contributed by atoms with van der Waals surface area (Å²) < 4.78 is 3.80. The third kappa shape index (κ3) is 1.87. The first-order chi connectivity index (χ1) is 8.58. The van der Waals surface area contributed by atoms with Crippen molar-refractivity contribution in [1.29, 1.82) is 0 Å². The highest BCUT2D eigenvalue weighted by atomic mass is 79.9. The molecule has 0 aromatic carbocycles. The van der Waals surface area contributed by atoms with Gasteiger partial charge in [-0.2, -0.15) is 0 Å². The van der Waals surface area contributed by atoms with E-state index in [1.807, 2.05) is 18.3 Å². The summed E-state index contributed by atoms with van der Waals surface area (Å²) in [5, 5.41) is 0.588. The number of pyridine rings is 1. The Morgan fingerprint density at radius 2 is 2.17 bits per heavy atom. The van der Waals surface area contributed by atoms with E-state index in [1.165, 1.54) is 0 Å². The molecule has 2 N–H and O–H groups in total. The molecule has 0 aliphatic carbocycles. The molecule has 3 nitrogen and oxygen atoms in total. The molecule has 0 aliphatic heterocycles. The van der Waals surface area contributed by atoms with Crippen molar-refractivity contribution in [3.8, 4) is 10.6 Å². The molecule has 92 valence electrons. The Balaban J connectivity index is 2.30. The SMILES string of the molecule is Nc1c(-c2cc(Br)c(Br)s2)nc2c(Cl)cccn12. The van der Waals surface area contributed by atoms with Crippen molar-refractivity contribution in [2.24, 2.45) is 0 Å². The highest BCUT2D eigenvalue weighted by Crippen LogP contribution is 2.40. The van der Waals surface area contributed by atoms with Crippen LogP contribution >= 0.6 is 54.8 Å². The molecule has 3 aromatic rings. The largest absolute Gasteiger partial charge is 0.383 e. The van der Waals surface area contributed by atoms with Gasteiger partial charge in [0.1, 0.15) is 11.5 Å². The van der Waals surface area contributed by atoms with E-state index in [-0.39, 0.29) is 0 Å². The van der Waals surface area contributed by atoms with Crippen molar-refractivity contribution in [2.75, 3.05) is 5.73 Å². The van der Waals surface area contributed by atoms with Gasteiger partial charge in [0, 0.05) is 10.7 Å². The number of halogens is 3. The molecule has 0 aliphatic rings. The average Bonchev–Trinajstić information content (AvgIpc) is 2.83. The van der Waals surface area contributed by atoms with Crippen LogP contribution in [0.25, 0.3) is 16.2 Å². The molecular weight excluding hydrogens is 401 g/mol. The number of anilines is 1. The van der Waals surface area contributed by atoms with E-state index < -0.39 is 0 Å². The monoisotopic (exact) mass is 405 g/mol.